The standard InChI is InChI=1S/C23H29NO/c1-18-13-21-16-23(15-18,20-9-6-10-22(14-20)25-2)11-12-24(21)17-19-7-4-3-5-8-19/h3-10,14,18,21H,11-13,15-17H2,1-2H3/t18-,21-,23-/m1/s1. The van der Waals surface area contributed by atoms with Crippen LogP contribution in [0.1, 0.15) is 43.7 Å². The maximum absolute atomic E-state index is 5.50. The minimum Gasteiger partial charge on any atom is -0.497 e. The van der Waals surface area contributed by atoms with Crippen molar-refractivity contribution in [1.82, 2.24) is 4.90 Å². The normalized spacial score (nSPS) is 29.4. The van der Waals surface area contributed by atoms with E-state index in [-0.39, 0.29) is 0 Å². The highest BCUT2D eigenvalue weighted by Gasteiger charge is 2.45. The first-order chi connectivity index (χ1) is 12.2. The monoisotopic (exact) mass is 335 g/mol. The zero-order valence-electron chi connectivity index (χ0n) is 15.4. The minimum absolute atomic E-state index is 0.337. The molecule has 3 atom stereocenters. The highest BCUT2D eigenvalue weighted by Crippen LogP contribution is 2.49. The van der Waals surface area contributed by atoms with Gasteiger partial charge in [-0.1, -0.05) is 49.4 Å². The summed E-state index contributed by atoms with van der Waals surface area (Å²) >= 11 is 0. The van der Waals surface area contributed by atoms with Gasteiger partial charge in [-0.3, -0.25) is 4.90 Å². The van der Waals surface area contributed by atoms with Crippen molar-refractivity contribution in [1.29, 1.82) is 0 Å². The highest BCUT2D eigenvalue weighted by atomic mass is 16.5. The van der Waals surface area contributed by atoms with Gasteiger partial charge in [0.1, 0.15) is 5.75 Å². The molecule has 2 heteroatoms. The van der Waals surface area contributed by atoms with E-state index < -0.39 is 0 Å². The first-order valence-electron chi connectivity index (χ1n) is 9.61. The summed E-state index contributed by atoms with van der Waals surface area (Å²) in [4.78, 5) is 2.73. The van der Waals surface area contributed by atoms with Crippen molar-refractivity contribution in [2.24, 2.45) is 5.92 Å². The third-order valence-corrected chi connectivity index (χ3v) is 6.34. The summed E-state index contributed by atoms with van der Waals surface area (Å²) in [6.07, 6.45) is 5.19. The fourth-order valence-electron chi connectivity index (χ4n) is 5.21. The maximum Gasteiger partial charge on any atom is 0.119 e. The molecule has 0 N–H and O–H groups in total. The third-order valence-electron chi connectivity index (χ3n) is 6.34. The van der Waals surface area contributed by atoms with E-state index in [0.29, 0.717) is 11.5 Å². The summed E-state index contributed by atoms with van der Waals surface area (Å²) in [5, 5.41) is 0. The Bertz CT molecular complexity index is 713. The van der Waals surface area contributed by atoms with Crippen LogP contribution in [0.5, 0.6) is 5.75 Å². The van der Waals surface area contributed by atoms with E-state index in [0.717, 1.165) is 18.2 Å². The van der Waals surface area contributed by atoms with Gasteiger partial charge in [-0.05, 0) is 66.8 Å². The van der Waals surface area contributed by atoms with Crippen molar-refractivity contribution in [3.8, 4) is 5.75 Å². The predicted octanol–water partition coefficient (Wildman–Crippen LogP) is 5.03. The number of benzene rings is 2. The van der Waals surface area contributed by atoms with Gasteiger partial charge in [-0.25, -0.2) is 0 Å². The smallest absolute Gasteiger partial charge is 0.119 e. The summed E-state index contributed by atoms with van der Waals surface area (Å²) in [6.45, 7) is 4.73. The Morgan fingerprint density at radius 3 is 2.72 bits per heavy atom. The molecule has 0 amide bonds. The molecule has 0 radical (unpaired) electrons. The van der Waals surface area contributed by atoms with E-state index in [9.17, 15) is 0 Å². The topological polar surface area (TPSA) is 12.5 Å². The molecule has 132 valence electrons. The molecule has 0 aromatic heterocycles. The number of methoxy groups -OCH3 is 1. The molecule has 2 fully saturated rings. The quantitative estimate of drug-likeness (QED) is 0.777. The lowest BCUT2D eigenvalue weighted by Gasteiger charge is -2.53. The van der Waals surface area contributed by atoms with Gasteiger partial charge in [0, 0.05) is 12.6 Å². The first-order valence-corrected chi connectivity index (χ1v) is 9.61. The van der Waals surface area contributed by atoms with Crippen LogP contribution in [0.3, 0.4) is 0 Å². The molecular formula is C23H29NO. The maximum atomic E-state index is 5.50. The molecule has 2 aromatic rings. The Morgan fingerprint density at radius 1 is 1.08 bits per heavy atom. The minimum atomic E-state index is 0.337. The second-order valence-corrected chi connectivity index (χ2v) is 8.12. The van der Waals surface area contributed by atoms with Gasteiger partial charge in [0.25, 0.3) is 0 Å². The fraction of sp³-hybridized carbons (Fsp3) is 0.478. The SMILES string of the molecule is COc1cccc([C@]23CCN(Cc4ccccc4)[C@H](C[C@@H](C)C2)C3)c1. The Labute approximate surface area is 151 Å². The van der Waals surface area contributed by atoms with Crippen LogP contribution < -0.4 is 4.74 Å². The average molecular weight is 335 g/mol. The molecule has 2 aliphatic rings. The van der Waals surface area contributed by atoms with Crippen molar-refractivity contribution in [2.75, 3.05) is 13.7 Å². The number of hydrogen-bond acceptors (Lipinski definition) is 2. The number of ether oxygens (including phenoxy) is 1. The van der Waals surface area contributed by atoms with E-state index in [1.807, 2.05) is 0 Å². The van der Waals surface area contributed by atoms with Crippen LogP contribution in [0.4, 0.5) is 0 Å². The molecule has 1 saturated heterocycles. The number of nitrogens with zero attached hydrogens (tertiary/aromatic N) is 1. The van der Waals surface area contributed by atoms with Crippen LogP contribution in [0.25, 0.3) is 0 Å². The summed E-state index contributed by atoms with van der Waals surface area (Å²) < 4.78 is 5.50. The number of piperidine rings is 1. The first kappa shape index (κ1) is 16.7. The lowest BCUT2D eigenvalue weighted by Crippen LogP contribution is -2.53. The van der Waals surface area contributed by atoms with Gasteiger partial charge >= 0.3 is 0 Å². The highest BCUT2D eigenvalue weighted by molar-refractivity contribution is 5.35. The van der Waals surface area contributed by atoms with Crippen LogP contribution >= 0.6 is 0 Å². The zero-order chi connectivity index (χ0) is 17.3. The molecular weight excluding hydrogens is 306 g/mol. The fourth-order valence-corrected chi connectivity index (χ4v) is 5.21. The third kappa shape index (κ3) is 3.32. The van der Waals surface area contributed by atoms with Crippen LogP contribution in [0.15, 0.2) is 54.6 Å². The summed E-state index contributed by atoms with van der Waals surface area (Å²) in [7, 11) is 1.77. The number of hydrogen-bond donors (Lipinski definition) is 0. The zero-order valence-corrected chi connectivity index (χ0v) is 15.4. The molecule has 1 aliphatic heterocycles. The van der Waals surface area contributed by atoms with Gasteiger partial charge in [-0.15, -0.1) is 0 Å². The van der Waals surface area contributed by atoms with Gasteiger partial charge in [-0.2, -0.15) is 0 Å². The largest absolute Gasteiger partial charge is 0.497 e. The second-order valence-electron chi connectivity index (χ2n) is 8.12. The van der Waals surface area contributed by atoms with Crippen LogP contribution in [0, 0.1) is 5.92 Å². The Balaban J connectivity index is 1.58. The van der Waals surface area contributed by atoms with E-state index in [2.05, 4.69) is 66.4 Å². The molecule has 25 heavy (non-hydrogen) atoms. The van der Waals surface area contributed by atoms with Crippen molar-refractivity contribution in [3.05, 3.63) is 65.7 Å². The van der Waals surface area contributed by atoms with Gasteiger partial charge < -0.3 is 4.74 Å². The summed E-state index contributed by atoms with van der Waals surface area (Å²) in [6, 6.07) is 20.5. The lowest BCUT2D eigenvalue weighted by molar-refractivity contribution is 0.0240. The molecule has 1 saturated carbocycles. The molecule has 2 bridgehead atoms. The summed E-state index contributed by atoms with van der Waals surface area (Å²) in [5.41, 5.74) is 3.27. The van der Waals surface area contributed by atoms with E-state index >= 15 is 0 Å². The van der Waals surface area contributed by atoms with Crippen LogP contribution in [-0.4, -0.2) is 24.6 Å². The van der Waals surface area contributed by atoms with Gasteiger partial charge in [0.15, 0.2) is 0 Å². The Hall–Kier alpha value is -1.80. The predicted molar refractivity (Wildman–Crippen MR) is 103 cm³/mol. The van der Waals surface area contributed by atoms with Crippen molar-refractivity contribution in [2.45, 2.75) is 50.6 Å². The average Bonchev–Trinajstić information content (AvgIpc) is 2.65. The van der Waals surface area contributed by atoms with E-state index in [4.69, 9.17) is 4.74 Å². The van der Waals surface area contributed by atoms with Gasteiger partial charge in [0.05, 0.1) is 7.11 Å². The van der Waals surface area contributed by atoms with E-state index in [1.165, 1.54) is 43.4 Å². The van der Waals surface area contributed by atoms with Crippen molar-refractivity contribution in [3.63, 3.8) is 0 Å². The molecule has 0 unspecified atom stereocenters. The number of rotatable bonds is 4. The lowest BCUT2D eigenvalue weighted by atomic mass is 9.60. The molecule has 0 spiro atoms. The van der Waals surface area contributed by atoms with Crippen LogP contribution in [0.2, 0.25) is 0 Å². The molecule has 1 aliphatic carbocycles. The van der Waals surface area contributed by atoms with Crippen molar-refractivity contribution < 1.29 is 4.74 Å². The van der Waals surface area contributed by atoms with Crippen molar-refractivity contribution >= 4 is 0 Å². The number of fused-ring (bicyclic) bond motifs is 2. The molecule has 4 rings (SSSR count). The second kappa shape index (κ2) is 6.84. The number of likely N-dealkylation sites (tertiary alicyclic amines) is 1. The Kier molecular flexibility index (Phi) is 4.56. The van der Waals surface area contributed by atoms with E-state index in [1.54, 1.807) is 7.11 Å². The molecule has 2 aromatic carbocycles. The Morgan fingerprint density at radius 2 is 1.92 bits per heavy atom. The van der Waals surface area contributed by atoms with Crippen LogP contribution in [-0.2, 0) is 12.0 Å². The molecule has 1 heterocycles. The molecule has 2 nitrogen and oxygen atoms in total. The summed E-state index contributed by atoms with van der Waals surface area (Å²) in [5.74, 6) is 1.77. The van der Waals surface area contributed by atoms with Gasteiger partial charge in [0.2, 0.25) is 0 Å².